The molecule has 0 aromatic carbocycles. The fraction of sp³-hybridized carbons (Fsp3) is 0.636. The topological polar surface area (TPSA) is 86.1 Å². The summed E-state index contributed by atoms with van der Waals surface area (Å²) in [4.78, 5) is 24.2. The van der Waals surface area contributed by atoms with Crippen molar-refractivity contribution >= 4 is 40.0 Å². The van der Waals surface area contributed by atoms with E-state index in [-0.39, 0.29) is 11.7 Å². The van der Waals surface area contributed by atoms with Crippen LogP contribution in [0.3, 0.4) is 0 Å². The first-order chi connectivity index (χ1) is 14.9. The molecule has 4 bridgehead atoms. The molecule has 0 saturated heterocycles. The third kappa shape index (κ3) is 4.14. The number of thioether (sulfide) groups is 1. The Morgan fingerprint density at radius 2 is 1.90 bits per heavy atom. The summed E-state index contributed by atoms with van der Waals surface area (Å²) in [6.45, 7) is 0. The van der Waals surface area contributed by atoms with Gasteiger partial charge in [-0.05, 0) is 73.1 Å². The van der Waals surface area contributed by atoms with Crippen molar-refractivity contribution in [2.24, 2.45) is 30.2 Å². The maximum Gasteiger partial charge on any atom is 0.340 e. The Kier molecular flexibility index (Phi) is 5.58. The van der Waals surface area contributed by atoms with Crippen LogP contribution < -0.4 is 5.32 Å². The highest BCUT2D eigenvalue weighted by Crippen LogP contribution is 2.60. The second-order valence-electron chi connectivity index (χ2n) is 9.54. The first kappa shape index (κ1) is 21.0. The molecule has 0 atom stereocenters. The Morgan fingerprint density at radius 1 is 1.23 bits per heavy atom. The molecule has 1 N–H and O–H groups in total. The quantitative estimate of drug-likeness (QED) is 0.493. The van der Waals surface area contributed by atoms with Gasteiger partial charge in [-0.15, -0.1) is 21.5 Å². The number of rotatable bonds is 7. The molecule has 1 amide bonds. The van der Waals surface area contributed by atoms with E-state index in [2.05, 4.69) is 20.1 Å². The van der Waals surface area contributed by atoms with Crippen molar-refractivity contribution < 1.29 is 14.3 Å². The lowest BCUT2D eigenvalue weighted by atomic mass is 9.49. The summed E-state index contributed by atoms with van der Waals surface area (Å²) >= 11 is 2.68. The molecule has 4 aliphatic rings. The summed E-state index contributed by atoms with van der Waals surface area (Å²) in [6, 6.07) is 1.65. The first-order valence-corrected chi connectivity index (χ1v) is 12.8. The number of hydrogen-bond donors (Lipinski definition) is 1. The van der Waals surface area contributed by atoms with Gasteiger partial charge in [0.05, 0.1) is 18.4 Å². The molecule has 2 aromatic heterocycles. The Hall–Kier alpha value is -1.87. The van der Waals surface area contributed by atoms with Gasteiger partial charge in [0.25, 0.3) is 0 Å². The molecule has 0 spiro atoms. The second kappa shape index (κ2) is 8.24. The number of nitrogens with zero attached hydrogens (tertiary/aromatic N) is 3. The molecule has 0 unspecified atom stereocenters. The minimum absolute atomic E-state index is 0.178. The second-order valence-corrected chi connectivity index (χ2v) is 11.4. The lowest BCUT2D eigenvalue weighted by Gasteiger charge is -2.56. The van der Waals surface area contributed by atoms with Gasteiger partial charge in [-0.25, -0.2) is 4.79 Å². The Balaban J connectivity index is 1.20. The highest BCUT2D eigenvalue weighted by Gasteiger charge is 2.51. The van der Waals surface area contributed by atoms with Crippen LogP contribution in [0.1, 0.15) is 54.7 Å². The van der Waals surface area contributed by atoms with E-state index in [0.717, 1.165) is 35.2 Å². The summed E-state index contributed by atoms with van der Waals surface area (Å²) in [7, 11) is 3.33. The van der Waals surface area contributed by atoms with Crippen LogP contribution in [-0.4, -0.2) is 39.5 Å². The predicted molar refractivity (Wildman–Crippen MR) is 120 cm³/mol. The van der Waals surface area contributed by atoms with Gasteiger partial charge in [0.15, 0.2) is 5.16 Å². The standard InChI is InChI=1S/C22H28N4O3S2/c1-26-17(11-22-8-13-5-14(9-22)7-15(6-13)10-22)24-25-21(26)31-12-18(27)23-19-16(3-4-30-19)20(28)29-2/h3-4,13-15H,5-12H2,1-2H3,(H,23,27). The minimum atomic E-state index is -0.452. The summed E-state index contributed by atoms with van der Waals surface area (Å²) in [5.41, 5.74) is 0.792. The maximum atomic E-state index is 12.4. The number of ether oxygens (including phenoxy) is 1. The molecular formula is C22H28N4O3S2. The summed E-state index contributed by atoms with van der Waals surface area (Å²) in [5.74, 6) is 3.38. The number of carbonyl (C=O) groups is 2. The van der Waals surface area contributed by atoms with Gasteiger partial charge < -0.3 is 14.6 Å². The lowest BCUT2D eigenvalue weighted by molar-refractivity contribution is -0.113. The van der Waals surface area contributed by atoms with Crippen molar-refractivity contribution in [2.45, 2.75) is 50.1 Å². The fourth-order valence-electron chi connectivity index (χ4n) is 6.44. The zero-order valence-corrected chi connectivity index (χ0v) is 19.6. The van der Waals surface area contributed by atoms with Crippen molar-refractivity contribution in [3.63, 3.8) is 0 Å². The molecular weight excluding hydrogens is 432 g/mol. The van der Waals surface area contributed by atoms with Crippen molar-refractivity contribution in [3.8, 4) is 0 Å². The first-order valence-electron chi connectivity index (χ1n) is 10.9. The molecule has 166 valence electrons. The van der Waals surface area contributed by atoms with Crippen LogP contribution in [0.5, 0.6) is 0 Å². The van der Waals surface area contributed by atoms with Crippen molar-refractivity contribution in [1.82, 2.24) is 14.8 Å². The smallest absolute Gasteiger partial charge is 0.340 e. The van der Waals surface area contributed by atoms with Crippen LogP contribution in [-0.2, 0) is 23.0 Å². The van der Waals surface area contributed by atoms with E-state index in [9.17, 15) is 9.59 Å². The van der Waals surface area contributed by atoms with Gasteiger partial charge >= 0.3 is 5.97 Å². The molecule has 6 rings (SSSR count). The molecule has 0 radical (unpaired) electrons. The average molecular weight is 461 g/mol. The number of esters is 1. The maximum absolute atomic E-state index is 12.4. The van der Waals surface area contributed by atoms with Crippen molar-refractivity contribution in [3.05, 3.63) is 22.8 Å². The van der Waals surface area contributed by atoms with Crippen LogP contribution in [0.4, 0.5) is 5.00 Å². The number of nitrogens with one attached hydrogen (secondary N) is 1. The number of amides is 1. The van der Waals surface area contributed by atoms with E-state index in [0.29, 0.717) is 16.0 Å². The number of carbonyl (C=O) groups excluding carboxylic acids is 2. The Labute approximate surface area is 190 Å². The van der Waals surface area contributed by atoms with Crippen LogP contribution in [0.15, 0.2) is 16.6 Å². The number of methoxy groups -OCH3 is 1. The number of thiophene rings is 1. The van der Waals surface area contributed by atoms with Gasteiger partial charge in [-0.1, -0.05) is 11.8 Å². The molecule has 0 aliphatic heterocycles. The third-order valence-corrected chi connectivity index (χ3v) is 9.13. The normalized spacial score (nSPS) is 28.6. The molecule has 9 heteroatoms. The SMILES string of the molecule is COC(=O)c1ccsc1NC(=O)CSc1nnc(CC23CC4CC(CC(C4)C2)C3)n1C. The van der Waals surface area contributed by atoms with Crippen LogP contribution in [0, 0.1) is 23.2 Å². The van der Waals surface area contributed by atoms with Gasteiger partial charge in [-0.2, -0.15) is 0 Å². The summed E-state index contributed by atoms with van der Waals surface area (Å²) in [5, 5.41) is 14.7. The van der Waals surface area contributed by atoms with Crippen LogP contribution in [0.2, 0.25) is 0 Å². The Morgan fingerprint density at radius 3 is 2.55 bits per heavy atom. The molecule has 4 aliphatic carbocycles. The average Bonchev–Trinajstić information content (AvgIpc) is 3.31. The predicted octanol–water partition coefficient (Wildman–Crippen LogP) is 4.15. The zero-order chi connectivity index (χ0) is 21.6. The fourth-order valence-corrected chi connectivity index (χ4v) is 7.96. The number of hydrogen-bond acceptors (Lipinski definition) is 7. The molecule has 4 saturated carbocycles. The van der Waals surface area contributed by atoms with Gasteiger partial charge in [0.1, 0.15) is 10.8 Å². The van der Waals surface area contributed by atoms with E-state index in [1.807, 2.05) is 7.05 Å². The summed E-state index contributed by atoms with van der Waals surface area (Å²) < 4.78 is 6.81. The Bertz CT molecular complexity index is 964. The van der Waals surface area contributed by atoms with E-state index >= 15 is 0 Å². The van der Waals surface area contributed by atoms with Gasteiger partial charge in [0.2, 0.25) is 5.91 Å². The summed E-state index contributed by atoms with van der Waals surface area (Å²) in [6.07, 6.45) is 9.37. The van der Waals surface area contributed by atoms with E-state index in [4.69, 9.17) is 4.74 Å². The lowest BCUT2D eigenvalue weighted by Crippen LogP contribution is -2.47. The van der Waals surface area contributed by atoms with Crippen LogP contribution in [0.25, 0.3) is 0 Å². The molecule has 2 aromatic rings. The highest BCUT2D eigenvalue weighted by molar-refractivity contribution is 7.99. The monoisotopic (exact) mass is 460 g/mol. The van der Waals surface area contributed by atoms with Gasteiger partial charge in [0, 0.05) is 13.5 Å². The third-order valence-electron chi connectivity index (χ3n) is 7.28. The van der Waals surface area contributed by atoms with E-state index < -0.39 is 5.97 Å². The molecule has 31 heavy (non-hydrogen) atoms. The molecule has 4 fully saturated rings. The van der Waals surface area contributed by atoms with E-state index in [1.165, 1.54) is 68.7 Å². The van der Waals surface area contributed by atoms with Crippen molar-refractivity contribution in [2.75, 3.05) is 18.2 Å². The van der Waals surface area contributed by atoms with Crippen molar-refractivity contribution in [1.29, 1.82) is 0 Å². The minimum Gasteiger partial charge on any atom is -0.465 e. The van der Waals surface area contributed by atoms with Gasteiger partial charge in [-0.3, -0.25) is 4.79 Å². The van der Waals surface area contributed by atoms with E-state index in [1.54, 1.807) is 11.4 Å². The molecule has 2 heterocycles. The number of aromatic nitrogens is 3. The van der Waals surface area contributed by atoms with Crippen LogP contribution >= 0.6 is 23.1 Å². The highest BCUT2D eigenvalue weighted by atomic mass is 32.2. The zero-order valence-electron chi connectivity index (χ0n) is 17.9. The number of anilines is 1. The largest absolute Gasteiger partial charge is 0.465 e. The molecule has 7 nitrogen and oxygen atoms in total.